The van der Waals surface area contributed by atoms with Gasteiger partial charge in [-0.05, 0) is 42.9 Å². The van der Waals surface area contributed by atoms with Gasteiger partial charge in [0.1, 0.15) is 0 Å². The van der Waals surface area contributed by atoms with Crippen LogP contribution in [0.4, 0.5) is 0 Å². The molecule has 1 aliphatic carbocycles. The zero-order valence-corrected chi connectivity index (χ0v) is 15.3. The molecule has 1 unspecified atom stereocenters. The second-order valence-electron chi connectivity index (χ2n) is 7.43. The second kappa shape index (κ2) is 7.92. The van der Waals surface area contributed by atoms with Gasteiger partial charge in [-0.2, -0.15) is 0 Å². The van der Waals surface area contributed by atoms with E-state index in [1.54, 1.807) is 6.33 Å². The number of hydrogen-bond acceptors (Lipinski definition) is 3. The molecule has 0 spiro atoms. The summed E-state index contributed by atoms with van der Waals surface area (Å²) in [7, 11) is 0. The average Bonchev–Trinajstić information content (AvgIpc) is 3.07. The summed E-state index contributed by atoms with van der Waals surface area (Å²) in [4.78, 5) is 17.0. The lowest BCUT2D eigenvalue weighted by Crippen LogP contribution is -2.48. The number of aliphatic hydroxyl groups excluding tert-OH is 1. The van der Waals surface area contributed by atoms with Gasteiger partial charge >= 0.3 is 0 Å². The number of aliphatic hydroxyl groups is 1. The molecule has 5 nitrogen and oxygen atoms in total. The molecule has 1 fully saturated rings. The number of nitrogens with one attached hydrogen (secondary N) is 1. The van der Waals surface area contributed by atoms with Crippen LogP contribution in [0.2, 0.25) is 0 Å². The van der Waals surface area contributed by atoms with E-state index in [1.807, 2.05) is 47.0 Å². The summed E-state index contributed by atoms with van der Waals surface area (Å²) in [5.74, 6) is 0.397. The Kier molecular flexibility index (Phi) is 5.21. The van der Waals surface area contributed by atoms with Crippen molar-refractivity contribution in [1.29, 1.82) is 0 Å². The SMILES string of the molecule is O=C(CCn1cnc2ccccc21)NC(Cc1ccccc1)C1CC(O)C1. The van der Waals surface area contributed by atoms with Gasteiger partial charge in [0, 0.05) is 19.0 Å². The van der Waals surface area contributed by atoms with Crippen molar-refractivity contribution in [3.63, 3.8) is 0 Å². The van der Waals surface area contributed by atoms with Crippen molar-refractivity contribution in [2.24, 2.45) is 5.92 Å². The van der Waals surface area contributed by atoms with Crippen LogP contribution >= 0.6 is 0 Å². The fourth-order valence-electron chi connectivity index (χ4n) is 3.85. The van der Waals surface area contributed by atoms with E-state index in [1.165, 1.54) is 5.56 Å². The van der Waals surface area contributed by atoms with E-state index in [-0.39, 0.29) is 18.1 Å². The average molecular weight is 363 g/mol. The topological polar surface area (TPSA) is 67.2 Å². The largest absolute Gasteiger partial charge is 0.393 e. The third-order valence-electron chi connectivity index (χ3n) is 5.47. The number of hydrogen-bond donors (Lipinski definition) is 2. The third kappa shape index (κ3) is 4.19. The zero-order valence-electron chi connectivity index (χ0n) is 15.3. The molecule has 1 amide bonds. The first kappa shape index (κ1) is 17.7. The van der Waals surface area contributed by atoms with Gasteiger partial charge in [0.05, 0.1) is 23.5 Å². The molecule has 1 aliphatic rings. The maximum atomic E-state index is 12.6. The number of benzene rings is 2. The fourth-order valence-corrected chi connectivity index (χ4v) is 3.85. The first-order valence-corrected chi connectivity index (χ1v) is 9.60. The normalized spacial score (nSPS) is 20.2. The van der Waals surface area contributed by atoms with Crippen LogP contribution in [0.5, 0.6) is 0 Å². The van der Waals surface area contributed by atoms with Crippen molar-refractivity contribution >= 4 is 16.9 Å². The molecule has 0 bridgehead atoms. The van der Waals surface area contributed by atoms with Gasteiger partial charge < -0.3 is 15.0 Å². The molecule has 2 N–H and O–H groups in total. The molecule has 0 aliphatic heterocycles. The Bertz CT molecular complexity index is 900. The van der Waals surface area contributed by atoms with Crippen LogP contribution < -0.4 is 5.32 Å². The van der Waals surface area contributed by atoms with Crippen LogP contribution in [-0.2, 0) is 17.8 Å². The maximum Gasteiger partial charge on any atom is 0.222 e. The lowest BCUT2D eigenvalue weighted by molar-refractivity contribution is -0.123. The number of carbonyl (C=O) groups is 1. The fraction of sp³-hybridized carbons (Fsp3) is 0.364. The number of rotatable bonds is 7. The highest BCUT2D eigenvalue weighted by molar-refractivity contribution is 5.77. The third-order valence-corrected chi connectivity index (χ3v) is 5.47. The number of para-hydroxylation sites is 2. The molecule has 0 radical (unpaired) electrons. The van der Waals surface area contributed by atoms with Gasteiger partial charge in [-0.25, -0.2) is 4.98 Å². The highest BCUT2D eigenvalue weighted by Gasteiger charge is 2.34. The van der Waals surface area contributed by atoms with Crippen molar-refractivity contribution < 1.29 is 9.90 Å². The first-order chi connectivity index (χ1) is 13.2. The number of aryl methyl sites for hydroxylation is 1. The Balaban J connectivity index is 1.37. The number of nitrogens with zero attached hydrogens (tertiary/aromatic N) is 2. The Hall–Kier alpha value is -2.66. The Morgan fingerprint density at radius 2 is 1.89 bits per heavy atom. The summed E-state index contributed by atoms with van der Waals surface area (Å²) in [5.41, 5.74) is 3.21. The van der Waals surface area contributed by atoms with E-state index in [0.29, 0.717) is 18.9 Å². The number of aromatic nitrogens is 2. The van der Waals surface area contributed by atoms with Crippen molar-refractivity contribution in [2.45, 2.75) is 44.4 Å². The van der Waals surface area contributed by atoms with E-state index in [0.717, 1.165) is 30.3 Å². The summed E-state index contributed by atoms with van der Waals surface area (Å²) >= 11 is 0. The van der Waals surface area contributed by atoms with Crippen LogP contribution in [0.25, 0.3) is 11.0 Å². The van der Waals surface area contributed by atoms with Gasteiger partial charge in [-0.3, -0.25) is 4.79 Å². The Morgan fingerprint density at radius 3 is 2.67 bits per heavy atom. The highest BCUT2D eigenvalue weighted by atomic mass is 16.3. The zero-order chi connectivity index (χ0) is 18.6. The molecular formula is C22H25N3O2. The van der Waals surface area contributed by atoms with Gasteiger partial charge in [-0.15, -0.1) is 0 Å². The van der Waals surface area contributed by atoms with Crippen LogP contribution in [0, 0.1) is 5.92 Å². The van der Waals surface area contributed by atoms with Crippen molar-refractivity contribution in [3.8, 4) is 0 Å². The number of amides is 1. The van der Waals surface area contributed by atoms with E-state index in [4.69, 9.17) is 0 Å². The molecule has 4 rings (SSSR count). The smallest absolute Gasteiger partial charge is 0.222 e. The predicted octanol–water partition coefficient (Wildman–Crippen LogP) is 2.92. The molecule has 2 aromatic carbocycles. The minimum Gasteiger partial charge on any atom is -0.393 e. The van der Waals surface area contributed by atoms with E-state index >= 15 is 0 Å². The molecule has 1 atom stereocenters. The van der Waals surface area contributed by atoms with Crippen LogP contribution in [-0.4, -0.2) is 32.7 Å². The lowest BCUT2D eigenvalue weighted by atomic mass is 9.75. The van der Waals surface area contributed by atoms with Crippen LogP contribution in [0.1, 0.15) is 24.8 Å². The van der Waals surface area contributed by atoms with Crippen LogP contribution in [0.3, 0.4) is 0 Å². The minimum atomic E-state index is -0.220. The molecule has 3 aromatic rings. The maximum absolute atomic E-state index is 12.6. The summed E-state index contributed by atoms with van der Waals surface area (Å²) in [6, 6.07) is 18.2. The monoisotopic (exact) mass is 363 g/mol. The Morgan fingerprint density at radius 1 is 1.15 bits per heavy atom. The molecule has 27 heavy (non-hydrogen) atoms. The van der Waals surface area contributed by atoms with Crippen molar-refractivity contribution in [1.82, 2.24) is 14.9 Å². The highest BCUT2D eigenvalue weighted by Crippen LogP contribution is 2.31. The molecular weight excluding hydrogens is 338 g/mol. The number of carbonyl (C=O) groups excluding carboxylic acids is 1. The van der Waals surface area contributed by atoms with Crippen molar-refractivity contribution in [2.75, 3.05) is 0 Å². The first-order valence-electron chi connectivity index (χ1n) is 9.60. The summed E-state index contributed by atoms with van der Waals surface area (Å²) in [6.07, 6.45) is 4.33. The second-order valence-corrected chi connectivity index (χ2v) is 7.43. The lowest BCUT2D eigenvalue weighted by Gasteiger charge is -2.38. The minimum absolute atomic E-state index is 0.0510. The van der Waals surface area contributed by atoms with E-state index in [2.05, 4.69) is 22.4 Å². The predicted molar refractivity (Wildman–Crippen MR) is 105 cm³/mol. The quantitative estimate of drug-likeness (QED) is 0.678. The summed E-state index contributed by atoms with van der Waals surface area (Å²) in [5, 5.41) is 12.9. The summed E-state index contributed by atoms with van der Waals surface area (Å²) < 4.78 is 2.02. The van der Waals surface area contributed by atoms with Crippen LogP contribution in [0.15, 0.2) is 60.9 Å². The van der Waals surface area contributed by atoms with Gasteiger partial charge in [0.15, 0.2) is 0 Å². The van der Waals surface area contributed by atoms with E-state index < -0.39 is 0 Å². The van der Waals surface area contributed by atoms with Gasteiger partial charge in [0.2, 0.25) is 5.91 Å². The molecule has 1 saturated carbocycles. The number of imidazole rings is 1. The molecule has 140 valence electrons. The van der Waals surface area contributed by atoms with Gasteiger partial charge in [-0.1, -0.05) is 42.5 Å². The molecule has 0 saturated heterocycles. The number of fused-ring (bicyclic) bond motifs is 1. The summed E-state index contributed by atoms with van der Waals surface area (Å²) in [6.45, 7) is 0.609. The Labute approximate surface area is 159 Å². The molecule has 5 heteroatoms. The molecule has 1 aromatic heterocycles. The standard InChI is InChI=1S/C22H25N3O2/c26-18-13-17(14-18)20(12-16-6-2-1-3-7-16)24-22(27)10-11-25-15-23-19-8-4-5-9-21(19)25/h1-9,15,17-18,20,26H,10-14H2,(H,24,27). The van der Waals surface area contributed by atoms with Crippen molar-refractivity contribution in [3.05, 3.63) is 66.5 Å². The molecule has 1 heterocycles. The van der Waals surface area contributed by atoms with E-state index in [9.17, 15) is 9.90 Å². The van der Waals surface area contributed by atoms with Gasteiger partial charge in [0.25, 0.3) is 0 Å².